The van der Waals surface area contributed by atoms with Gasteiger partial charge in [0.1, 0.15) is 6.61 Å². The maximum Gasteiger partial charge on any atom is 0.330 e. The van der Waals surface area contributed by atoms with E-state index in [4.69, 9.17) is 14.7 Å². The van der Waals surface area contributed by atoms with E-state index >= 15 is 0 Å². The highest BCUT2D eigenvalue weighted by Crippen LogP contribution is 2.37. The molecule has 3 atom stereocenters. The number of piperidine rings is 1. The molecule has 248 valence electrons. The summed E-state index contributed by atoms with van der Waals surface area (Å²) in [5.41, 5.74) is 0.353. The van der Waals surface area contributed by atoms with Crippen molar-refractivity contribution >= 4 is 29.7 Å². The summed E-state index contributed by atoms with van der Waals surface area (Å²) in [5.74, 6) is -1.80. The molecule has 14 nitrogen and oxygen atoms in total. The summed E-state index contributed by atoms with van der Waals surface area (Å²) in [4.78, 5) is 66.7. The van der Waals surface area contributed by atoms with Crippen LogP contribution in [-0.2, 0) is 24.5 Å². The van der Waals surface area contributed by atoms with Crippen molar-refractivity contribution in [1.82, 2.24) is 20.4 Å². The minimum absolute atomic E-state index is 0.00124. The number of non-ortho nitro benzene ring substituents is 1. The zero-order chi connectivity index (χ0) is 34.0. The third-order valence-corrected chi connectivity index (χ3v) is 8.71. The lowest BCUT2D eigenvalue weighted by atomic mass is 9.72. The van der Waals surface area contributed by atoms with Gasteiger partial charge < -0.3 is 25.0 Å². The van der Waals surface area contributed by atoms with Gasteiger partial charge in [-0.25, -0.2) is 14.5 Å². The largest absolute Gasteiger partial charge is 0.468 e. The number of carbonyl (C=O) groups excluding carboxylic acids is 4. The summed E-state index contributed by atoms with van der Waals surface area (Å²) in [7, 11) is 1.37. The number of rotatable bonds is 12. The Morgan fingerprint density at radius 3 is 2.43 bits per heavy atom. The van der Waals surface area contributed by atoms with Crippen molar-refractivity contribution in [1.29, 1.82) is 5.26 Å². The molecule has 2 heterocycles. The van der Waals surface area contributed by atoms with E-state index < -0.39 is 46.4 Å². The van der Waals surface area contributed by atoms with Crippen molar-refractivity contribution in [2.75, 3.05) is 33.4 Å². The lowest BCUT2D eigenvalue weighted by molar-refractivity contribution is -0.384. The third-order valence-electron chi connectivity index (χ3n) is 8.71. The Balaban J connectivity index is 1.54. The number of benzene rings is 2. The van der Waals surface area contributed by atoms with Gasteiger partial charge in [-0.2, -0.15) is 5.26 Å². The van der Waals surface area contributed by atoms with E-state index in [0.29, 0.717) is 37.9 Å². The minimum atomic E-state index is -0.869. The first-order valence-corrected chi connectivity index (χ1v) is 15.4. The standard InChI is InChI=1S/C33H38N6O8/c1-3-27(36-32(43)38-28(14-18-35-31(38)42)23-10-12-25(13-11-23)39(44)45)26(29(40)47-21-7-17-34)22-37-19-15-33(16-20-37,30(41)46-2)24-8-5-4-6-9-24/h4-6,8-14,18,26-28H,3,7,15-16,19-22H2,1-2H3,(H,35,42)(H,36,43). The average molecular weight is 647 g/mol. The van der Waals surface area contributed by atoms with Crippen molar-refractivity contribution < 1.29 is 33.6 Å². The van der Waals surface area contributed by atoms with E-state index in [1.165, 1.54) is 37.6 Å². The minimum Gasteiger partial charge on any atom is -0.468 e. The molecule has 0 saturated carbocycles. The number of nitrogens with one attached hydrogen (secondary N) is 2. The smallest absolute Gasteiger partial charge is 0.330 e. The number of imide groups is 1. The second-order valence-corrected chi connectivity index (χ2v) is 11.4. The summed E-state index contributed by atoms with van der Waals surface area (Å²) in [6, 6.07) is 13.8. The van der Waals surface area contributed by atoms with Crippen LogP contribution < -0.4 is 10.6 Å². The highest BCUT2D eigenvalue weighted by molar-refractivity contribution is 5.96. The SMILES string of the molecule is CCC(NC(=O)N1C(=O)NC=CC1c1ccc([N+](=O)[O-])cc1)C(CN1CCC(C(=O)OC)(c2ccccc2)CC1)C(=O)OCCC#N. The number of urea groups is 2. The number of likely N-dealkylation sites (tertiary alicyclic amines) is 1. The van der Waals surface area contributed by atoms with Gasteiger partial charge in [-0.3, -0.25) is 19.7 Å². The normalized spacial score (nSPS) is 18.6. The summed E-state index contributed by atoms with van der Waals surface area (Å²) in [6.45, 7) is 2.78. The molecule has 3 unspecified atom stereocenters. The quantitative estimate of drug-likeness (QED) is 0.148. The van der Waals surface area contributed by atoms with Crippen LogP contribution in [0.4, 0.5) is 15.3 Å². The van der Waals surface area contributed by atoms with Crippen LogP contribution in [0.2, 0.25) is 0 Å². The van der Waals surface area contributed by atoms with E-state index in [-0.39, 0.29) is 31.2 Å². The topological polar surface area (TPSA) is 184 Å². The van der Waals surface area contributed by atoms with E-state index in [2.05, 4.69) is 10.6 Å². The van der Waals surface area contributed by atoms with Gasteiger partial charge in [0.05, 0.1) is 41.9 Å². The number of nitriles is 1. The van der Waals surface area contributed by atoms with Gasteiger partial charge in [0.15, 0.2) is 0 Å². The first-order valence-electron chi connectivity index (χ1n) is 15.4. The zero-order valence-corrected chi connectivity index (χ0v) is 26.3. The molecule has 1 saturated heterocycles. The number of esters is 2. The molecule has 4 rings (SSSR count). The Hall–Kier alpha value is -5.29. The molecule has 4 amide bonds. The molecule has 0 radical (unpaired) electrons. The maximum atomic E-state index is 13.7. The Labute approximate surface area is 272 Å². The van der Waals surface area contributed by atoms with Gasteiger partial charge in [-0.1, -0.05) is 37.3 Å². The van der Waals surface area contributed by atoms with Crippen molar-refractivity contribution in [3.05, 3.63) is 88.1 Å². The first kappa shape index (κ1) is 34.6. The molecule has 0 bridgehead atoms. The molecule has 2 aliphatic heterocycles. The van der Waals surface area contributed by atoms with Crippen LogP contribution in [0.15, 0.2) is 66.9 Å². The fraction of sp³-hybridized carbons (Fsp3) is 0.424. The Bertz CT molecular complexity index is 1520. The van der Waals surface area contributed by atoms with Gasteiger partial charge in [0, 0.05) is 30.9 Å². The first-order chi connectivity index (χ1) is 22.6. The Morgan fingerprint density at radius 2 is 1.83 bits per heavy atom. The summed E-state index contributed by atoms with van der Waals surface area (Å²) in [5, 5.41) is 25.4. The number of ether oxygens (including phenoxy) is 2. The molecule has 0 aromatic heterocycles. The molecular weight excluding hydrogens is 608 g/mol. The predicted molar refractivity (Wildman–Crippen MR) is 168 cm³/mol. The van der Waals surface area contributed by atoms with Crippen LogP contribution in [0.5, 0.6) is 0 Å². The van der Waals surface area contributed by atoms with Gasteiger partial charge in [0.25, 0.3) is 5.69 Å². The Kier molecular flexibility index (Phi) is 11.6. The number of methoxy groups -OCH3 is 1. The zero-order valence-electron chi connectivity index (χ0n) is 26.3. The summed E-state index contributed by atoms with van der Waals surface area (Å²) in [6.07, 6.45) is 4.17. The number of amides is 4. The molecule has 0 aliphatic carbocycles. The molecule has 2 aliphatic rings. The van der Waals surface area contributed by atoms with E-state index in [1.807, 2.05) is 41.3 Å². The maximum absolute atomic E-state index is 13.7. The van der Waals surface area contributed by atoms with Crippen LogP contribution >= 0.6 is 0 Å². The summed E-state index contributed by atoms with van der Waals surface area (Å²) < 4.78 is 10.6. The van der Waals surface area contributed by atoms with Crippen LogP contribution in [0.3, 0.4) is 0 Å². The molecule has 1 fully saturated rings. The highest BCUT2D eigenvalue weighted by atomic mass is 16.6. The van der Waals surface area contributed by atoms with E-state index in [0.717, 1.165) is 10.5 Å². The van der Waals surface area contributed by atoms with Gasteiger partial charge in [-0.05, 0) is 61.7 Å². The number of hydrogen-bond donors (Lipinski definition) is 2. The fourth-order valence-corrected chi connectivity index (χ4v) is 6.11. The monoisotopic (exact) mass is 646 g/mol. The number of nitrogens with zero attached hydrogens (tertiary/aromatic N) is 4. The van der Waals surface area contributed by atoms with Gasteiger partial charge in [0.2, 0.25) is 0 Å². The molecular formula is C33H38N6O8. The average Bonchev–Trinajstić information content (AvgIpc) is 3.09. The van der Waals surface area contributed by atoms with Crippen LogP contribution in [0, 0.1) is 27.4 Å². The Morgan fingerprint density at radius 1 is 1.15 bits per heavy atom. The van der Waals surface area contributed by atoms with Crippen molar-refractivity contribution in [2.45, 2.75) is 50.1 Å². The van der Waals surface area contributed by atoms with Gasteiger partial charge >= 0.3 is 24.0 Å². The van der Waals surface area contributed by atoms with Crippen LogP contribution in [0.25, 0.3) is 0 Å². The lowest BCUT2D eigenvalue weighted by Crippen LogP contribution is -2.56. The number of carbonyl (C=O) groups is 4. The molecule has 2 N–H and O–H groups in total. The van der Waals surface area contributed by atoms with E-state index in [9.17, 15) is 29.3 Å². The number of nitro benzene ring substituents is 1. The lowest BCUT2D eigenvalue weighted by Gasteiger charge is -2.41. The van der Waals surface area contributed by atoms with Crippen LogP contribution in [-0.4, -0.2) is 78.1 Å². The molecule has 2 aromatic carbocycles. The summed E-state index contributed by atoms with van der Waals surface area (Å²) >= 11 is 0. The fourth-order valence-electron chi connectivity index (χ4n) is 6.11. The third kappa shape index (κ3) is 7.93. The van der Waals surface area contributed by atoms with Crippen LogP contribution in [0.1, 0.15) is 49.8 Å². The molecule has 47 heavy (non-hydrogen) atoms. The van der Waals surface area contributed by atoms with E-state index in [1.54, 1.807) is 13.0 Å². The number of hydrogen-bond acceptors (Lipinski definition) is 10. The second-order valence-electron chi connectivity index (χ2n) is 11.4. The van der Waals surface area contributed by atoms with Crippen molar-refractivity contribution in [3.63, 3.8) is 0 Å². The van der Waals surface area contributed by atoms with Crippen molar-refractivity contribution in [3.8, 4) is 6.07 Å². The van der Waals surface area contributed by atoms with Gasteiger partial charge in [-0.15, -0.1) is 0 Å². The molecule has 2 aromatic rings. The molecule has 14 heteroatoms. The predicted octanol–water partition coefficient (Wildman–Crippen LogP) is 3.94. The molecule has 0 spiro atoms. The highest BCUT2D eigenvalue weighted by Gasteiger charge is 2.45. The van der Waals surface area contributed by atoms with Crippen molar-refractivity contribution in [2.24, 2.45) is 5.92 Å². The number of nitro groups is 1. The second kappa shape index (κ2) is 15.8.